The minimum absolute atomic E-state index is 0.526. The van der Waals surface area contributed by atoms with E-state index in [0.29, 0.717) is 6.04 Å². The molecule has 78 valence electrons. The van der Waals surface area contributed by atoms with E-state index in [2.05, 4.69) is 9.88 Å². The molecule has 1 aromatic rings. The van der Waals surface area contributed by atoms with Crippen LogP contribution in [0.2, 0.25) is 0 Å². The summed E-state index contributed by atoms with van der Waals surface area (Å²) in [5.41, 5.74) is 6.52. The van der Waals surface area contributed by atoms with Gasteiger partial charge in [0.25, 0.3) is 6.01 Å². The van der Waals surface area contributed by atoms with Gasteiger partial charge in [-0.1, -0.05) is 0 Å². The van der Waals surface area contributed by atoms with Crippen molar-refractivity contribution in [3.63, 3.8) is 0 Å². The van der Waals surface area contributed by atoms with Crippen molar-refractivity contribution in [1.29, 1.82) is 0 Å². The maximum Gasteiger partial charge on any atom is 0.297 e. The Hall–Kier alpha value is -1.03. The van der Waals surface area contributed by atoms with E-state index in [-0.39, 0.29) is 0 Å². The Kier molecular flexibility index (Phi) is 2.72. The summed E-state index contributed by atoms with van der Waals surface area (Å²) in [4.78, 5) is 6.58. The topological polar surface area (TPSA) is 55.3 Å². The molecule has 1 unspecified atom stereocenters. The molecule has 0 aliphatic carbocycles. The van der Waals surface area contributed by atoms with Gasteiger partial charge in [0.2, 0.25) is 0 Å². The molecule has 1 aromatic heterocycles. The monoisotopic (exact) mass is 195 g/mol. The van der Waals surface area contributed by atoms with Gasteiger partial charge < -0.3 is 15.1 Å². The minimum atomic E-state index is 0.526. The number of hydrogen-bond donors (Lipinski definition) is 1. The van der Waals surface area contributed by atoms with Crippen molar-refractivity contribution < 1.29 is 4.42 Å². The first-order valence-corrected chi connectivity index (χ1v) is 5.20. The van der Waals surface area contributed by atoms with E-state index >= 15 is 0 Å². The van der Waals surface area contributed by atoms with E-state index in [1.54, 1.807) is 6.26 Å². The highest BCUT2D eigenvalue weighted by atomic mass is 16.4. The fourth-order valence-electron chi connectivity index (χ4n) is 2.05. The smallest absolute Gasteiger partial charge is 0.297 e. The van der Waals surface area contributed by atoms with Crippen LogP contribution in [0.1, 0.15) is 25.0 Å². The zero-order chi connectivity index (χ0) is 9.97. The van der Waals surface area contributed by atoms with Crippen LogP contribution in [-0.2, 0) is 0 Å². The first-order chi connectivity index (χ1) is 6.81. The van der Waals surface area contributed by atoms with Gasteiger partial charge in [0.1, 0.15) is 6.26 Å². The lowest BCUT2D eigenvalue weighted by Gasteiger charge is -2.21. The Morgan fingerprint density at radius 1 is 1.71 bits per heavy atom. The van der Waals surface area contributed by atoms with Crippen LogP contribution in [0.5, 0.6) is 0 Å². The molecule has 1 aliphatic rings. The molecule has 0 saturated carbocycles. The maximum absolute atomic E-state index is 5.58. The Bertz CT molecular complexity index is 297. The predicted molar refractivity (Wildman–Crippen MR) is 55.3 cm³/mol. The molecule has 14 heavy (non-hydrogen) atoms. The zero-order valence-corrected chi connectivity index (χ0v) is 8.57. The predicted octanol–water partition coefficient (Wildman–Crippen LogP) is 1.30. The molecule has 0 bridgehead atoms. The average Bonchev–Trinajstić information content (AvgIpc) is 2.74. The molecule has 4 heteroatoms. The lowest BCUT2D eigenvalue weighted by Crippen LogP contribution is -2.31. The van der Waals surface area contributed by atoms with Crippen LogP contribution >= 0.6 is 0 Å². The van der Waals surface area contributed by atoms with Gasteiger partial charge in [-0.25, -0.2) is 0 Å². The molecular weight excluding hydrogens is 178 g/mol. The number of aromatic nitrogens is 1. The van der Waals surface area contributed by atoms with Crippen LogP contribution in [-0.4, -0.2) is 24.1 Å². The van der Waals surface area contributed by atoms with Gasteiger partial charge in [0, 0.05) is 12.6 Å². The van der Waals surface area contributed by atoms with E-state index in [1.165, 1.54) is 12.8 Å². The Labute approximate surface area is 84.1 Å². The normalized spacial score (nSPS) is 21.9. The second-order valence-electron chi connectivity index (χ2n) is 3.84. The fraction of sp³-hybridized carbons (Fsp3) is 0.700. The second kappa shape index (κ2) is 4.00. The maximum atomic E-state index is 5.58. The highest BCUT2D eigenvalue weighted by Crippen LogP contribution is 2.26. The molecule has 0 spiro atoms. The lowest BCUT2D eigenvalue weighted by molar-refractivity contribution is 0.511. The van der Waals surface area contributed by atoms with Crippen molar-refractivity contribution in [2.75, 3.05) is 18.0 Å². The van der Waals surface area contributed by atoms with Crippen molar-refractivity contribution in [1.82, 2.24) is 4.98 Å². The SMILES string of the molecule is Cc1coc(N2CCCC2CCN)n1. The average molecular weight is 195 g/mol. The molecule has 2 N–H and O–H groups in total. The van der Waals surface area contributed by atoms with Crippen LogP contribution < -0.4 is 10.6 Å². The lowest BCUT2D eigenvalue weighted by atomic mass is 10.1. The first kappa shape index (κ1) is 9.52. The summed E-state index contributed by atoms with van der Waals surface area (Å²) in [7, 11) is 0. The summed E-state index contributed by atoms with van der Waals surface area (Å²) >= 11 is 0. The molecule has 1 saturated heterocycles. The summed E-state index contributed by atoms with van der Waals surface area (Å²) in [5, 5.41) is 0. The Balaban J connectivity index is 2.09. The number of nitrogens with zero attached hydrogens (tertiary/aromatic N) is 2. The van der Waals surface area contributed by atoms with E-state index in [4.69, 9.17) is 10.2 Å². The van der Waals surface area contributed by atoms with Gasteiger partial charge in [-0.05, 0) is 32.7 Å². The summed E-state index contributed by atoms with van der Waals surface area (Å²) in [6.45, 7) is 3.73. The number of aryl methyl sites for hydroxylation is 1. The Morgan fingerprint density at radius 2 is 2.57 bits per heavy atom. The second-order valence-corrected chi connectivity index (χ2v) is 3.84. The zero-order valence-electron chi connectivity index (χ0n) is 8.57. The third kappa shape index (κ3) is 1.75. The van der Waals surface area contributed by atoms with E-state index in [9.17, 15) is 0 Å². The van der Waals surface area contributed by atoms with Crippen LogP contribution in [0.4, 0.5) is 6.01 Å². The highest BCUT2D eigenvalue weighted by Gasteiger charge is 2.26. The number of oxazole rings is 1. The van der Waals surface area contributed by atoms with Crippen LogP contribution in [0.25, 0.3) is 0 Å². The molecule has 2 heterocycles. The molecule has 2 rings (SSSR count). The summed E-state index contributed by atoms with van der Waals surface area (Å²) < 4.78 is 5.40. The quantitative estimate of drug-likeness (QED) is 0.789. The largest absolute Gasteiger partial charge is 0.432 e. The molecule has 0 amide bonds. The third-order valence-corrected chi connectivity index (χ3v) is 2.73. The Morgan fingerprint density at radius 3 is 3.21 bits per heavy atom. The van der Waals surface area contributed by atoms with Gasteiger partial charge in [-0.2, -0.15) is 4.98 Å². The summed E-state index contributed by atoms with van der Waals surface area (Å²) in [5.74, 6) is 0. The summed E-state index contributed by atoms with van der Waals surface area (Å²) in [6.07, 6.45) is 5.15. The van der Waals surface area contributed by atoms with Crippen molar-refractivity contribution in [2.45, 2.75) is 32.2 Å². The van der Waals surface area contributed by atoms with E-state index in [0.717, 1.165) is 31.2 Å². The first-order valence-electron chi connectivity index (χ1n) is 5.20. The highest BCUT2D eigenvalue weighted by molar-refractivity contribution is 5.30. The molecule has 1 fully saturated rings. The van der Waals surface area contributed by atoms with Crippen LogP contribution in [0, 0.1) is 6.92 Å². The minimum Gasteiger partial charge on any atom is -0.432 e. The standard InChI is InChI=1S/C10H17N3O/c1-8-7-14-10(12-8)13-6-2-3-9(13)4-5-11/h7,9H,2-6,11H2,1H3. The number of hydrogen-bond acceptors (Lipinski definition) is 4. The van der Waals surface area contributed by atoms with Gasteiger partial charge in [-0.3, -0.25) is 0 Å². The van der Waals surface area contributed by atoms with Crippen molar-refractivity contribution in [3.05, 3.63) is 12.0 Å². The van der Waals surface area contributed by atoms with Crippen molar-refractivity contribution in [2.24, 2.45) is 5.73 Å². The number of rotatable bonds is 3. The van der Waals surface area contributed by atoms with Crippen molar-refractivity contribution >= 4 is 6.01 Å². The van der Waals surface area contributed by atoms with Gasteiger partial charge in [-0.15, -0.1) is 0 Å². The number of nitrogens with two attached hydrogens (primary N) is 1. The third-order valence-electron chi connectivity index (χ3n) is 2.73. The van der Waals surface area contributed by atoms with Gasteiger partial charge in [0.15, 0.2) is 0 Å². The molecule has 1 aliphatic heterocycles. The molecule has 0 radical (unpaired) electrons. The van der Waals surface area contributed by atoms with E-state index in [1.807, 2.05) is 6.92 Å². The molecule has 0 aromatic carbocycles. The molecular formula is C10H17N3O. The van der Waals surface area contributed by atoms with Crippen LogP contribution in [0.3, 0.4) is 0 Å². The molecule has 1 atom stereocenters. The van der Waals surface area contributed by atoms with Crippen LogP contribution in [0.15, 0.2) is 10.7 Å². The summed E-state index contributed by atoms with van der Waals surface area (Å²) in [6, 6.07) is 1.29. The number of anilines is 1. The molecule has 4 nitrogen and oxygen atoms in total. The van der Waals surface area contributed by atoms with Gasteiger partial charge >= 0.3 is 0 Å². The van der Waals surface area contributed by atoms with Gasteiger partial charge in [0.05, 0.1) is 5.69 Å². The fourth-order valence-corrected chi connectivity index (χ4v) is 2.05. The van der Waals surface area contributed by atoms with E-state index < -0.39 is 0 Å². The van der Waals surface area contributed by atoms with Crippen molar-refractivity contribution in [3.8, 4) is 0 Å².